The van der Waals surface area contributed by atoms with Crippen LogP contribution in [-0.4, -0.2) is 111 Å². The Morgan fingerprint density at radius 3 is 1.98 bits per heavy atom. The van der Waals surface area contributed by atoms with E-state index in [-0.39, 0.29) is 37.3 Å². The molecule has 0 aromatic heterocycles. The van der Waals surface area contributed by atoms with Gasteiger partial charge in [0, 0.05) is 84.7 Å². The van der Waals surface area contributed by atoms with Crippen LogP contribution in [0, 0.1) is 0 Å². The van der Waals surface area contributed by atoms with Crippen molar-refractivity contribution in [1.82, 2.24) is 42.5 Å². The summed E-state index contributed by atoms with van der Waals surface area (Å²) >= 11 is 0. The Labute approximate surface area is 235 Å². The van der Waals surface area contributed by atoms with Crippen LogP contribution in [0.1, 0.15) is 24.8 Å². The summed E-state index contributed by atoms with van der Waals surface area (Å²) in [5, 5.41) is 45.1. The summed E-state index contributed by atoms with van der Waals surface area (Å²) in [6.07, 6.45) is 0.482. The first kappa shape index (κ1) is 31.7. The number of nitrogens with two attached hydrogens (primary N) is 1. The van der Waals surface area contributed by atoms with Crippen molar-refractivity contribution >= 4 is 17.8 Å². The van der Waals surface area contributed by atoms with Gasteiger partial charge in [0.05, 0.1) is 5.66 Å². The highest BCUT2D eigenvalue weighted by atomic mass is 16.4. The highest BCUT2D eigenvalue weighted by Gasteiger charge is 2.32. The summed E-state index contributed by atoms with van der Waals surface area (Å²) in [4.78, 5) is 37.1. The van der Waals surface area contributed by atoms with Crippen molar-refractivity contribution < 1.29 is 24.6 Å². The zero-order chi connectivity index (χ0) is 28.8. The number of rotatable bonds is 9. The number of carboxylic acids is 1. The van der Waals surface area contributed by atoms with Gasteiger partial charge in [-0.1, -0.05) is 12.1 Å². The summed E-state index contributed by atoms with van der Waals surface area (Å²) in [6, 6.07) is 5.05. The normalized spacial score (nSPS) is 25.5. The number of aliphatic carboxylic acids is 1. The first-order valence-corrected chi connectivity index (χ1v) is 13.9. The van der Waals surface area contributed by atoms with Gasteiger partial charge < -0.3 is 47.8 Å². The van der Waals surface area contributed by atoms with Gasteiger partial charge in [0.2, 0.25) is 11.8 Å². The van der Waals surface area contributed by atoms with Gasteiger partial charge in [-0.15, -0.1) is 0 Å². The number of amides is 2. The monoisotopic (exact) mass is 563 g/mol. The maximum Gasteiger partial charge on any atom is 0.326 e. The lowest BCUT2D eigenvalue weighted by atomic mass is 10.1. The number of benzene rings is 1. The molecule has 14 heteroatoms. The van der Waals surface area contributed by atoms with Gasteiger partial charge in [0.15, 0.2) is 0 Å². The second-order valence-corrected chi connectivity index (χ2v) is 10.5. The highest BCUT2D eigenvalue weighted by Crippen LogP contribution is 2.12. The summed E-state index contributed by atoms with van der Waals surface area (Å²) in [5.74, 6) is -1.72. The van der Waals surface area contributed by atoms with Crippen molar-refractivity contribution in [2.75, 3.05) is 65.4 Å². The van der Waals surface area contributed by atoms with E-state index in [0.717, 1.165) is 13.1 Å². The highest BCUT2D eigenvalue weighted by molar-refractivity contribution is 5.84. The van der Waals surface area contributed by atoms with Crippen LogP contribution in [0.2, 0.25) is 0 Å². The number of carboxylic acid groups (broad SMARTS) is 1. The fourth-order valence-corrected chi connectivity index (χ4v) is 4.77. The van der Waals surface area contributed by atoms with Crippen molar-refractivity contribution in [3.8, 4) is 5.75 Å². The van der Waals surface area contributed by atoms with Crippen molar-refractivity contribution in [1.29, 1.82) is 0 Å². The molecule has 224 valence electrons. The first-order chi connectivity index (χ1) is 19.2. The minimum Gasteiger partial charge on any atom is -0.508 e. The second kappa shape index (κ2) is 15.8. The molecule has 2 fully saturated rings. The van der Waals surface area contributed by atoms with Gasteiger partial charge in [0.25, 0.3) is 0 Å². The number of carbonyl (C=O) groups excluding carboxylic acids is 2. The zero-order valence-corrected chi connectivity index (χ0v) is 23.0. The average molecular weight is 564 g/mol. The minimum absolute atomic E-state index is 0.0174. The molecule has 2 aliphatic heterocycles. The maximum atomic E-state index is 13.0. The molecule has 2 amide bonds. The second-order valence-electron chi connectivity index (χ2n) is 10.5. The molecular formula is C26H45N9O5. The lowest BCUT2D eigenvalue weighted by Crippen LogP contribution is -2.72. The van der Waals surface area contributed by atoms with Gasteiger partial charge in [-0.2, -0.15) is 0 Å². The van der Waals surface area contributed by atoms with E-state index in [1.165, 1.54) is 12.1 Å². The minimum atomic E-state index is -1.15. The SMILES string of the molecule is NC12CNCCNCC(NC(=O)CCCC(=O)N[C@@H](Cc3ccc(O)cc3)C(=O)O)(CNCCNC1)NCCN2. The summed E-state index contributed by atoms with van der Waals surface area (Å²) < 4.78 is 0. The topological polar surface area (TPSA) is 214 Å². The molecule has 0 unspecified atom stereocenters. The number of aromatic hydroxyl groups is 1. The molecule has 12 N–H and O–H groups in total. The molecule has 1 atom stereocenters. The Morgan fingerprint density at radius 1 is 0.825 bits per heavy atom. The molecule has 1 aromatic rings. The van der Waals surface area contributed by atoms with Crippen molar-refractivity contribution in [2.24, 2.45) is 5.73 Å². The Kier molecular flexibility index (Phi) is 12.5. The largest absolute Gasteiger partial charge is 0.508 e. The first-order valence-electron chi connectivity index (χ1n) is 13.9. The van der Waals surface area contributed by atoms with E-state index in [0.29, 0.717) is 57.9 Å². The smallest absolute Gasteiger partial charge is 0.326 e. The van der Waals surface area contributed by atoms with E-state index in [2.05, 4.69) is 42.5 Å². The quantitative estimate of drug-likeness (QED) is 0.143. The standard InChI is InChI=1S/C26H45N9O5/c27-25-15-28-8-10-30-17-26(33-13-12-32-25,18-31-11-9-29-16-25)35-23(38)3-1-2-22(37)34-21(24(39)40)14-19-4-6-20(36)7-5-19/h4-7,21,28-33,36H,1-3,8-18,27H2,(H,34,37)(H,35,38)(H,39,40)/t21-,25?,26?/m0/s1. The molecular weight excluding hydrogens is 518 g/mol. The Bertz CT molecular complexity index is 946. The van der Waals surface area contributed by atoms with Crippen molar-refractivity contribution in [2.45, 2.75) is 43.1 Å². The van der Waals surface area contributed by atoms with Crippen LogP contribution in [0.15, 0.2) is 24.3 Å². The Morgan fingerprint density at radius 2 is 1.38 bits per heavy atom. The molecule has 2 heterocycles. The van der Waals surface area contributed by atoms with Crippen molar-refractivity contribution in [3.05, 3.63) is 29.8 Å². The zero-order valence-electron chi connectivity index (χ0n) is 23.0. The van der Waals surface area contributed by atoms with Crippen LogP contribution in [0.5, 0.6) is 5.75 Å². The Balaban J connectivity index is 1.52. The maximum absolute atomic E-state index is 13.0. The lowest BCUT2D eigenvalue weighted by Gasteiger charge is -2.39. The molecule has 0 aliphatic carbocycles. The third kappa shape index (κ3) is 11.0. The molecule has 1 aromatic carbocycles. The molecule has 0 radical (unpaired) electrons. The number of fused-ring (bicyclic) bond motifs is 5. The van der Waals surface area contributed by atoms with Crippen molar-refractivity contribution in [3.63, 3.8) is 0 Å². The van der Waals surface area contributed by atoms with E-state index in [1.807, 2.05) is 0 Å². The van der Waals surface area contributed by atoms with E-state index in [4.69, 9.17) is 5.73 Å². The van der Waals surface area contributed by atoms with Gasteiger partial charge in [-0.3, -0.25) is 20.2 Å². The predicted octanol–water partition coefficient (Wildman–Crippen LogP) is -3.29. The number of hydrogen-bond acceptors (Lipinski definition) is 11. The molecule has 2 saturated heterocycles. The number of nitrogens with one attached hydrogen (secondary N) is 8. The van der Waals surface area contributed by atoms with Gasteiger partial charge in [-0.25, -0.2) is 4.79 Å². The third-order valence-corrected chi connectivity index (χ3v) is 6.95. The van der Waals surface area contributed by atoms with Crippen LogP contribution < -0.4 is 48.3 Å². The van der Waals surface area contributed by atoms with E-state index in [9.17, 15) is 24.6 Å². The fraction of sp³-hybridized carbons (Fsp3) is 0.654. The summed E-state index contributed by atoms with van der Waals surface area (Å²) in [7, 11) is 0. The summed E-state index contributed by atoms with van der Waals surface area (Å²) in [5.41, 5.74) is 5.88. The number of phenols is 1. The van der Waals surface area contributed by atoms with Gasteiger partial charge >= 0.3 is 5.97 Å². The van der Waals surface area contributed by atoms with Crippen LogP contribution in [0.4, 0.5) is 0 Å². The lowest BCUT2D eigenvalue weighted by molar-refractivity contribution is -0.141. The van der Waals surface area contributed by atoms with Gasteiger partial charge in [-0.05, 0) is 24.1 Å². The molecule has 0 spiro atoms. The number of carbonyl (C=O) groups is 3. The summed E-state index contributed by atoms with van der Waals surface area (Å²) in [6.45, 7) is 6.22. The molecule has 0 saturated carbocycles. The third-order valence-electron chi connectivity index (χ3n) is 6.95. The fourth-order valence-electron chi connectivity index (χ4n) is 4.77. The Hall–Kier alpha value is -2.85. The molecule has 3 rings (SSSR count). The van der Waals surface area contributed by atoms with E-state index < -0.39 is 29.2 Å². The number of phenolic OH excluding ortho intramolecular Hbond substituents is 1. The van der Waals surface area contributed by atoms with Crippen LogP contribution >= 0.6 is 0 Å². The average Bonchev–Trinajstić information content (AvgIpc) is 2.90. The molecule has 2 aliphatic rings. The molecule has 14 nitrogen and oxygen atoms in total. The number of hydrogen-bond donors (Lipinski definition) is 11. The van der Waals surface area contributed by atoms with E-state index in [1.54, 1.807) is 12.1 Å². The van der Waals surface area contributed by atoms with E-state index >= 15 is 0 Å². The van der Waals surface area contributed by atoms with Crippen LogP contribution in [-0.2, 0) is 20.8 Å². The molecule has 40 heavy (non-hydrogen) atoms. The van der Waals surface area contributed by atoms with Crippen LogP contribution in [0.25, 0.3) is 0 Å². The predicted molar refractivity (Wildman–Crippen MR) is 151 cm³/mol. The van der Waals surface area contributed by atoms with Crippen LogP contribution in [0.3, 0.4) is 0 Å². The molecule has 2 bridgehead atoms. The van der Waals surface area contributed by atoms with Gasteiger partial charge in [0.1, 0.15) is 17.5 Å².